The second kappa shape index (κ2) is 7.69. The molecule has 0 bridgehead atoms. The summed E-state index contributed by atoms with van der Waals surface area (Å²) in [6, 6.07) is 9.73. The molecular weight excluding hydrogens is 295 g/mol. The van der Waals surface area contributed by atoms with E-state index in [1.54, 1.807) is 5.30 Å². The molecule has 1 aromatic rings. The van der Waals surface area contributed by atoms with Crippen LogP contribution in [0, 0.1) is 6.66 Å². The predicted molar refractivity (Wildman–Crippen MR) is 106 cm³/mol. The van der Waals surface area contributed by atoms with Crippen LogP contribution in [0.1, 0.15) is 89.5 Å². The fourth-order valence-corrected chi connectivity index (χ4v) is 9.66. The second-order valence-electron chi connectivity index (χ2n) is 8.26. The van der Waals surface area contributed by atoms with Gasteiger partial charge in [-0.1, -0.05) is 46.1 Å². The van der Waals surface area contributed by atoms with Gasteiger partial charge in [-0.3, -0.25) is 0 Å². The van der Waals surface area contributed by atoms with Gasteiger partial charge in [0.05, 0.1) is 5.30 Å². The Labute approximate surface area is 144 Å². The molecule has 0 aliphatic heterocycles. The van der Waals surface area contributed by atoms with Crippen molar-refractivity contribution in [1.29, 1.82) is 0 Å². The molecule has 0 atom stereocenters. The monoisotopic (exact) mass is 330 g/mol. The van der Waals surface area contributed by atoms with E-state index >= 15 is 0 Å². The van der Waals surface area contributed by atoms with Crippen molar-refractivity contribution < 1.29 is 0 Å². The molecule has 2 aliphatic carbocycles. The van der Waals surface area contributed by atoms with E-state index in [4.69, 9.17) is 6.66 Å². The fraction of sp³-hybridized carbons (Fsp3) is 0.682. The molecule has 2 aliphatic rings. The summed E-state index contributed by atoms with van der Waals surface area (Å²) in [7, 11) is -1.27. The van der Waals surface area contributed by atoms with Gasteiger partial charge in [-0.15, -0.1) is 0 Å². The lowest BCUT2D eigenvalue weighted by molar-refractivity contribution is 0.483. The van der Waals surface area contributed by atoms with Crippen LogP contribution in [0.4, 0.5) is 0 Å². The summed E-state index contributed by atoms with van der Waals surface area (Å²) in [6.45, 7) is 9.66. The lowest BCUT2D eigenvalue weighted by Crippen LogP contribution is -2.33. The zero-order valence-electron chi connectivity index (χ0n) is 15.3. The zero-order chi connectivity index (χ0) is 16.3. The molecule has 3 rings (SSSR count). The van der Waals surface area contributed by atoms with Crippen molar-refractivity contribution in [2.75, 3.05) is 0 Å². The van der Waals surface area contributed by atoms with Crippen molar-refractivity contribution in [3.8, 4) is 0 Å². The largest absolute Gasteiger partial charge is 0.174 e. The van der Waals surface area contributed by atoms with Crippen LogP contribution in [0.25, 0.3) is 0 Å². The molecule has 0 N–H and O–H groups in total. The van der Waals surface area contributed by atoms with Gasteiger partial charge < -0.3 is 0 Å². The maximum atomic E-state index is 5.07. The quantitative estimate of drug-likeness (QED) is 0.415. The Bertz CT molecular complexity index is 457. The van der Waals surface area contributed by atoms with Crippen LogP contribution in [0.2, 0.25) is 0 Å². The molecule has 0 aromatic heterocycles. The molecule has 128 valence electrons. The van der Waals surface area contributed by atoms with Crippen molar-refractivity contribution in [1.82, 2.24) is 0 Å². The van der Waals surface area contributed by atoms with Crippen LogP contribution in [-0.2, 0) is 0 Å². The maximum absolute atomic E-state index is 5.07. The number of hydrogen-bond acceptors (Lipinski definition) is 0. The smallest absolute Gasteiger partial charge is 0.0651 e. The van der Waals surface area contributed by atoms with Crippen LogP contribution in [0.5, 0.6) is 0 Å². The Hall–Kier alpha value is -0.350. The van der Waals surface area contributed by atoms with E-state index in [0.29, 0.717) is 5.92 Å². The lowest BCUT2D eigenvalue weighted by atomic mass is 9.99. The first kappa shape index (κ1) is 17.5. The normalized spacial score (nSPS) is 21.7. The first-order valence-corrected chi connectivity index (χ1v) is 12.1. The summed E-state index contributed by atoms with van der Waals surface area (Å²) in [5, 5.41) is 1.64. The van der Waals surface area contributed by atoms with Gasteiger partial charge in [0.25, 0.3) is 0 Å². The SMILES string of the molecule is [CH2-][P+](c1ccc(C(C)C)cc1)(C1CCCCC1)C1CCCCC1. The third-order valence-corrected chi connectivity index (χ3v) is 11.4. The van der Waals surface area contributed by atoms with E-state index in [-0.39, 0.29) is 0 Å². The highest BCUT2D eigenvalue weighted by Gasteiger charge is 2.44. The molecule has 23 heavy (non-hydrogen) atoms. The minimum atomic E-state index is -1.27. The summed E-state index contributed by atoms with van der Waals surface area (Å²) in [4.78, 5) is 0. The van der Waals surface area contributed by atoms with E-state index in [9.17, 15) is 0 Å². The molecule has 1 heteroatoms. The number of hydrogen-bond donors (Lipinski definition) is 0. The van der Waals surface area contributed by atoms with Crippen LogP contribution in [-0.4, -0.2) is 11.3 Å². The molecule has 0 saturated heterocycles. The minimum absolute atomic E-state index is 0.631. The van der Waals surface area contributed by atoms with Crippen LogP contribution < -0.4 is 5.30 Å². The summed E-state index contributed by atoms with van der Waals surface area (Å²) in [6.07, 6.45) is 14.5. The van der Waals surface area contributed by atoms with E-state index in [1.807, 2.05) is 0 Å². The van der Waals surface area contributed by atoms with E-state index in [1.165, 1.54) is 69.8 Å². The first-order valence-electron chi connectivity index (χ1n) is 9.95. The van der Waals surface area contributed by atoms with Gasteiger partial charge in [-0.05, 0) is 75.0 Å². The Balaban J connectivity index is 1.92. The van der Waals surface area contributed by atoms with Crippen LogP contribution in [0.15, 0.2) is 24.3 Å². The summed E-state index contributed by atoms with van der Waals surface area (Å²) >= 11 is 0. The van der Waals surface area contributed by atoms with Gasteiger partial charge in [0.1, 0.15) is 0 Å². The van der Waals surface area contributed by atoms with Gasteiger partial charge in [-0.2, -0.15) is 6.66 Å². The molecule has 0 unspecified atom stereocenters. The average Bonchev–Trinajstić information content (AvgIpc) is 2.62. The Morgan fingerprint density at radius 1 is 0.783 bits per heavy atom. The number of benzene rings is 1. The molecule has 2 fully saturated rings. The van der Waals surface area contributed by atoms with Gasteiger partial charge in [0, 0.05) is 11.3 Å². The van der Waals surface area contributed by atoms with E-state index in [2.05, 4.69) is 38.1 Å². The van der Waals surface area contributed by atoms with Crippen molar-refractivity contribution in [3.63, 3.8) is 0 Å². The van der Waals surface area contributed by atoms with Crippen molar-refractivity contribution >= 4 is 12.6 Å². The highest BCUT2D eigenvalue weighted by Crippen LogP contribution is 2.70. The van der Waals surface area contributed by atoms with Gasteiger partial charge in [0.2, 0.25) is 0 Å². The Morgan fingerprint density at radius 3 is 1.61 bits per heavy atom. The third-order valence-electron chi connectivity index (χ3n) is 6.49. The molecule has 0 radical (unpaired) electrons. The van der Waals surface area contributed by atoms with Gasteiger partial charge in [0.15, 0.2) is 0 Å². The molecule has 0 spiro atoms. The topological polar surface area (TPSA) is 0 Å². The Kier molecular flexibility index (Phi) is 5.84. The predicted octanol–water partition coefficient (Wildman–Crippen LogP) is 6.91. The molecule has 2 saturated carbocycles. The van der Waals surface area contributed by atoms with Gasteiger partial charge >= 0.3 is 0 Å². The summed E-state index contributed by atoms with van der Waals surface area (Å²) < 4.78 is 0. The molecule has 0 heterocycles. The first-order chi connectivity index (χ1) is 11.1. The Morgan fingerprint density at radius 2 is 1.22 bits per heavy atom. The molecule has 0 nitrogen and oxygen atoms in total. The molecular formula is C22H35P. The highest BCUT2D eigenvalue weighted by atomic mass is 31.2. The summed E-state index contributed by atoms with van der Waals surface area (Å²) in [5.74, 6) is 0.631. The number of rotatable bonds is 4. The average molecular weight is 330 g/mol. The van der Waals surface area contributed by atoms with E-state index < -0.39 is 7.26 Å². The maximum Gasteiger partial charge on any atom is 0.0651 e. The van der Waals surface area contributed by atoms with Gasteiger partial charge in [-0.25, -0.2) is 0 Å². The highest BCUT2D eigenvalue weighted by molar-refractivity contribution is 7.85. The second-order valence-corrected chi connectivity index (χ2v) is 12.1. The summed E-state index contributed by atoms with van der Waals surface area (Å²) in [5.41, 5.74) is 3.29. The molecule has 1 aromatic carbocycles. The van der Waals surface area contributed by atoms with Crippen LogP contribution >= 0.6 is 7.26 Å². The zero-order valence-corrected chi connectivity index (χ0v) is 16.2. The van der Waals surface area contributed by atoms with Crippen molar-refractivity contribution in [3.05, 3.63) is 36.5 Å². The van der Waals surface area contributed by atoms with Crippen molar-refractivity contribution in [2.45, 2.75) is 95.3 Å². The minimum Gasteiger partial charge on any atom is -0.174 e. The lowest BCUT2D eigenvalue weighted by Gasteiger charge is -2.46. The third kappa shape index (κ3) is 3.68. The van der Waals surface area contributed by atoms with Crippen molar-refractivity contribution in [2.24, 2.45) is 0 Å². The fourth-order valence-electron chi connectivity index (χ4n) is 4.94. The standard InChI is InChI=1S/C22H35P/c1-18(2)19-14-16-22(17-15-19)23(3,20-10-6-4-7-11-20)21-12-8-5-9-13-21/h14-18,20-21H,3-13H2,1-2H3. The molecule has 0 amide bonds. The van der Waals surface area contributed by atoms with Crippen LogP contribution in [0.3, 0.4) is 0 Å². The van der Waals surface area contributed by atoms with E-state index in [0.717, 1.165) is 11.3 Å².